The molecule has 32 heavy (non-hydrogen) atoms. The standard InChI is InChI=1S/C26H39N3O3/c1-2-3-4-5-6-7-8-9-10-11-12-13-14-15-16-17-18-19-25(30)29-24(26(31)32)20-23-21-27-22-28-23/h6-7,9-10,12-13,15-16,21-22,24H,2-5,8,11,14,17-20H2,1H3,(H,27,28)(H,29,30)(H,31,32)/t24-/m0/s1. The van der Waals surface area contributed by atoms with Crippen LogP contribution in [0.1, 0.15) is 76.8 Å². The molecule has 0 saturated carbocycles. The van der Waals surface area contributed by atoms with E-state index in [9.17, 15) is 14.7 Å². The molecule has 0 spiro atoms. The highest BCUT2D eigenvalue weighted by Gasteiger charge is 2.20. The molecule has 1 aromatic rings. The average molecular weight is 442 g/mol. The fourth-order valence-corrected chi connectivity index (χ4v) is 3.02. The molecule has 1 heterocycles. The second-order valence-electron chi connectivity index (χ2n) is 7.70. The molecule has 0 saturated heterocycles. The number of amides is 1. The zero-order valence-corrected chi connectivity index (χ0v) is 19.3. The van der Waals surface area contributed by atoms with Crippen molar-refractivity contribution in [1.29, 1.82) is 0 Å². The molecule has 1 amide bonds. The van der Waals surface area contributed by atoms with E-state index in [4.69, 9.17) is 0 Å². The molecule has 0 aliphatic carbocycles. The van der Waals surface area contributed by atoms with Crippen molar-refractivity contribution in [2.24, 2.45) is 0 Å². The summed E-state index contributed by atoms with van der Waals surface area (Å²) < 4.78 is 0. The van der Waals surface area contributed by atoms with Crippen molar-refractivity contribution in [1.82, 2.24) is 15.3 Å². The molecule has 0 aliphatic heterocycles. The number of aromatic amines is 1. The first-order valence-corrected chi connectivity index (χ1v) is 11.7. The van der Waals surface area contributed by atoms with Gasteiger partial charge in [0.15, 0.2) is 0 Å². The van der Waals surface area contributed by atoms with Gasteiger partial charge in [-0.05, 0) is 44.9 Å². The number of H-pyrrole nitrogens is 1. The number of allylic oxidation sites excluding steroid dienone is 8. The zero-order chi connectivity index (χ0) is 23.3. The van der Waals surface area contributed by atoms with Crippen molar-refractivity contribution in [3.63, 3.8) is 0 Å². The van der Waals surface area contributed by atoms with E-state index in [1.54, 1.807) is 6.20 Å². The summed E-state index contributed by atoms with van der Waals surface area (Å²) in [5.41, 5.74) is 0.610. The van der Waals surface area contributed by atoms with E-state index < -0.39 is 12.0 Å². The van der Waals surface area contributed by atoms with Crippen LogP contribution >= 0.6 is 0 Å². The summed E-state index contributed by atoms with van der Waals surface area (Å²) in [6, 6.07) is -0.956. The number of hydrogen-bond acceptors (Lipinski definition) is 3. The van der Waals surface area contributed by atoms with Crippen molar-refractivity contribution >= 4 is 11.9 Å². The van der Waals surface area contributed by atoms with Gasteiger partial charge in [0, 0.05) is 19.0 Å². The number of carboxylic acid groups (broad SMARTS) is 1. The van der Waals surface area contributed by atoms with Gasteiger partial charge in [-0.2, -0.15) is 0 Å². The van der Waals surface area contributed by atoms with Crippen LogP contribution in [0.25, 0.3) is 0 Å². The molecule has 1 rings (SSSR count). The third kappa shape index (κ3) is 15.0. The Morgan fingerprint density at radius 3 is 2.09 bits per heavy atom. The zero-order valence-electron chi connectivity index (χ0n) is 19.3. The monoisotopic (exact) mass is 441 g/mol. The van der Waals surface area contributed by atoms with E-state index in [0.717, 1.165) is 25.7 Å². The van der Waals surface area contributed by atoms with Crippen LogP contribution in [0.4, 0.5) is 0 Å². The molecule has 0 bridgehead atoms. The predicted octanol–water partition coefficient (Wildman–Crippen LogP) is 5.67. The van der Waals surface area contributed by atoms with E-state index in [-0.39, 0.29) is 12.3 Å². The highest BCUT2D eigenvalue weighted by atomic mass is 16.4. The molecule has 176 valence electrons. The number of rotatable bonds is 18. The first kappa shape index (κ1) is 27.1. The Morgan fingerprint density at radius 1 is 0.969 bits per heavy atom. The van der Waals surface area contributed by atoms with Crippen LogP contribution in [-0.4, -0.2) is 33.0 Å². The number of carbonyl (C=O) groups is 2. The molecule has 0 fully saturated rings. The minimum absolute atomic E-state index is 0.168. The number of hydrogen-bond donors (Lipinski definition) is 3. The summed E-state index contributed by atoms with van der Waals surface area (Å²) >= 11 is 0. The van der Waals surface area contributed by atoms with Gasteiger partial charge in [-0.25, -0.2) is 9.78 Å². The maximum Gasteiger partial charge on any atom is 0.326 e. The minimum atomic E-state index is -1.05. The second-order valence-corrected chi connectivity index (χ2v) is 7.70. The number of carbonyl (C=O) groups excluding carboxylic acids is 1. The summed E-state index contributed by atoms with van der Waals surface area (Å²) in [6.45, 7) is 2.22. The van der Waals surface area contributed by atoms with E-state index in [1.807, 2.05) is 0 Å². The SMILES string of the molecule is CCCCCC=CCC=CCC=CCC=CCCCC(=O)N[C@@H](Cc1c[nH]cn1)C(=O)O. The second kappa shape index (κ2) is 18.8. The van der Waals surface area contributed by atoms with Gasteiger partial charge in [0.05, 0.1) is 12.0 Å². The Balaban J connectivity index is 2.06. The molecule has 0 radical (unpaired) electrons. The van der Waals surface area contributed by atoms with E-state index >= 15 is 0 Å². The molecule has 0 unspecified atom stereocenters. The Kier molecular flexibility index (Phi) is 16.0. The summed E-state index contributed by atoms with van der Waals surface area (Å²) in [7, 11) is 0. The molecule has 0 aliphatic rings. The normalized spacial score (nSPS) is 13.0. The van der Waals surface area contributed by atoms with Gasteiger partial charge >= 0.3 is 5.97 Å². The topological polar surface area (TPSA) is 95.1 Å². The molecular weight excluding hydrogens is 402 g/mol. The van der Waals surface area contributed by atoms with Crippen LogP contribution in [-0.2, 0) is 16.0 Å². The lowest BCUT2D eigenvalue weighted by Gasteiger charge is -2.13. The van der Waals surface area contributed by atoms with Crippen molar-refractivity contribution < 1.29 is 14.7 Å². The molecule has 0 aromatic carbocycles. The summed E-state index contributed by atoms with van der Waals surface area (Å²) in [4.78, 5) is 30.1. The fraction of sp³-hybridized carbons (Fsp3) is 0.500. The first-order chi connectivity index (χ1) is 15.6. The molecule has 1 aromatic heterocycles. The van der Waals surface area contributed by atoms with Crippen LogP contribution < -0.4 is 5.32 Å². The Labute approximate surface area is 192 Å². The molecular formula is C26H39N3O3. The van der Waals surface area contributed by atoms with Crippen molar-refractivity contribution in [3.8, 4) is 0 Å². The quantitative estimate of drug-likeness (QED) is 0.202. The van der Waals surface area contributed by atoms with Gasteiger partial charge in [-0.3, -0.25) is 4.79 Å². The largest absolute Gasteiger partial charge is 0.480 e. The molecule has 1 atom stereocenters. The molecule has 3 N–H and O–H groups in total. The van der Waals surface area contributed by atoms with Crippen LogP contribution in [0.3, 0.4) is 0 Å². The Hall–Kier alpha value is -2.89. The van der Waals surface area contributed by atoms with Gasteiger partial charge in [-0.1, -0.05) is 68.4 Å². The van der Waals surface area contributed by atoms with Gasteiger partial charge in [0.25, 0.3) is 0 Å². The number of nitrogens with one attached hydrogen (secondary N) is 2. The van der Waals surface area contributed by atoms with E-state index in [1.165, 1.54) is 32.0 Å². The molecule has 6 nitrogen and oxygen atoms in total. The maximum atomic E-state index is 12.0. The van der Waals surface area contributed by atoms with Crippen molar-refractivity contribution in [2.45, 2.75) is 83.6 Å². The van der Waals surface area contributed by atoms with Crippen LogP contribution in [0.15, 0.2) is 61.1 Å². The lowest BCUT2D eigenvalue weighted by Crippen LogP contribution is -2.42. The Bertz CT molecular complexity index is 734. The van der Waals surface area contributed by atoms with Crippen LogP contribution in [0.2, 0.25) is 0 Å². The lowest BCUT2D eigenvalue weighted by atomic mass is 10.1. The van der Waals surface area contributed by atoms with Crippen molar-refractivity contribution in [2.75, 3.05) is 0 Å². The smallest absolute Gasteiger partial charge is 0.326 e. The third-order valence-electron chi connectivity index (χ3n) is 4.83. The number of carboxylic acids is 1. The van der Waals surface area contributed by atoms with Gasteiger partial charge < -0.3 is 15.4 Å². The number of imidazole rings is 1. The van der Waals surface area contributed by atoms with E-state index in [0.29, 0.717) is 18.5 Å². The number of nitrogens with zero attached hydrogens (tertiary/aromatic N) is 1. The van der Waals surface area contributed by atoms with Gasteiger partial charge in [0.2, 0.25) is 5.91 Å². The minimum Gasteiger partial charge on any atom is -0.480 e. The highest BCUT2D eigenvalue weighted by Crippen LogP contribution is 2.03. The summed E-state index contributed by atoms with van der Waals surface area (Å²) in [6.07, 6.45) is 30.3. The maximum absolute atomic E-state index is 12.0. The van der Waals surface area contributed by atoms with Gasteiger partial charge in [-0.15, -0.1) is 0 Å². The molecule has 6 heteroatoms. The summed E-state index contributed by atoms with van der Waals surface area (Å²) in [5.74, 6) is -1.30. The van der Waals surface area contributed by atoms with Crippen LogP contribution in [0, 0.1) is 0 Å². The highest BCUT2D eigenvalue weighted by molar-refractivity contribution is 5.83. The van der Waals surface area contributed by atoms with E-state index in [2.05, 4.69) is 70.8 Å². The lowest BCUT2D eigenvalue weighted by molar-refractivity contribution is -0.141. The predicted molar refractivity (Wildman–Crippen MR) is 130 cm³/mol. The third-order valence-corrected chi connectivity index (χ3v) is 4.83. The number of aliphatic carboxylic acids is 1. The summed E-state index contributed by atoms with van der Waals surface area (Å²) in [5, 5.41) is 11.8. The van der Waals surface area contributed by atoms with Crippen molar-refractivity contribution in [3.05, 3.63) is 66.8 Å². The van der Waals surface area contributed by atoms with Crippen LogP contribution in [0.5, 0.6) is 0 Å². The average Bonchev–Trinajstić information content (AvgIpc) is 3.28. The van der Waals surface area contributed by atoms with Gasteiger partial charge in [0.1, 0.15) is 6.04 Å². The fourth-order valence-electron chi connectivity index (χ4n) is 3.02. The number of unbranched alkanes of at least 4 members (excludes halogenated alkanes) is 4. The Morgan fingerprint density at radius 2 is 1.56 bits per heavy atom. The first-order valence-electron chi connectivity index (χ1n) is 11.7. The number of aromatic nitrogens is 2.